The fourth-order valence-corrected chi connectivity index (χ4v) is 2.37. The molecule has 1 aliphatic carbocycles. The molecule has 1 N–H and O–H groups in total. The first-order valence-electron chi connectivity index (χ1n) is 5.19. The molecule has 2 heteroatoms. The van der Waals surface area contributed by atoms with Gasteiger partial charge in [0, 0.05) is 12.6 Å². The van der Waals surface area contributed by atoms with E-state index in [0.29, 0.717) is 5.92 Å². The minimum absolute atomic E-state index is 0.00204. The van der Waals surface area contributed by atoms with Crippen molar-refractivity contribution >= 4 is 0 Å². The average molecular weight is 169 g/mol. The maximum atomic E-state index is 9.62. The molecule has 3 atom stereocenters. The van der Waals surface area contributed by atoms with Gasteiger partial charge in [-0.3, -0.25) is 0 Å². The molecule has 1 heterocycles. The summed E-state index contributed by atoms with van der Waals surface area (Å²) < 4.78 is 0. The molecule has 0 bridgehead atoms. The van der Waals surface area contributed by atoms with Crippen LogP contribution in [-0.2, 0) is 0 Å². The summed E-state index contributed by atoms with van der Waals surface area (Å²) in [5, 5.41) is 9.62. The third kappa shape index (κ3) is 1.50. The van der Waals surface area contributed by atoms with Crippen LogP contribution in [0.5, 0.6) is 0 Å². The second kappa shape index (κ2) is 3.35. The van der Waals surface area contributed by atoms with Crippen molar-refractivity contribution in [1.29, 1.82) is 0 Å². The molecule has 2 nitrogen and oxygen atoms in total. The van der Waals surface area contributed by atoms with Gasteiger partial charge in [-0.25, -0.2) is 0 Å². The van der Waals surface area contributed by atoms with Crippen LogP contribution in [0.3, 0.4) is 0 Å². The topological polar surface area (TPSA) is 23.5 Å². The van der Waals surface area contributed by atoms with Crippen molar-refractivity contribution in [3.8, 4) is 0 Å². The van der Waals surface area contributed by atoms with Crippen molar-refractivity contribution < 1.29 is 5.11 Å². The lowest BCUT2D eigenvalue weighted by molar-refractivity contribution is 0.0453. The van der Waals surface area contributed by atoms with Crippen LogP contribution in [0, 0.1) is 5.92 Å². The molecule has 3 unspecified atom stereocenters. The highest BCUT2D eigenvalue weighted by Gasteiger charge is 2.31. The molecule has 2 aliphatic rings. The maximum Gasteiger partial charge on any atom is 0.0580 e. The van der Waals surface area contributed by atoms with Crippen LogP contribution >= 0.6 is 0 Å². The van der Waals surface area contributed by atoms with Gasteiger partial charge in [0.05, 0.1) is 6.10 Å². The summed E-state index contributed by atoms with van der Waals surface area (Å²) in [4.78, 5) is 2.50. The van der Waals surface area contributed by atoms with Gasteiger partial charge in [0.25, 0.3) is 0 Å². The second-order valence-corrected chi connectivity index (χ2v) is 4.39. The van der Waals surface area contributed by atoms with Crippen LogP contribution < -0.4 is 0 Å². The number of hydrogen-bond acceptors (Lipinski definition) is 2. The highest BCUT2D eigenvalue weighted by atomic mass is 16.3. The molecule has 1 saturated heterocycles. The number of likely N-dealkylation sites (tertiary alicyclic amines) is 1. The smallest absolute Gasteiger partial charge is 0.0580 e. The third-order valence-corrected chi connectivity index (χ3v) is 3.55. The van der Waals surface area contributed by atoms with E-state index in [2.05, 4.69) is 11.8 Å². The molecule has 0 spiro atoms. The van der Waals surface area contributed by atoms with Gasteiger partial charge in [0.2, 0.25) is 0 Å². The molecule has 1 aliphatic heterocycles. The Morgan fingerprint density at radius 3 is 2.58 bits per heavy atom. The minimum Gasteiger partial charge on any atom is -0.393 e. The number of aliphatic hydroxyl groups is 1. The van der Waals surface area contributed by atoms with Gasteiger partial charge >= 0.3 is 0 Å². The molecule has 0 aromatic rings. The van der Waals surface area contributed by atoms with Crippen LogP contribution in [0.1, 0.15) is 32.6 Å². The molecule has 70 valence electrons. The van der Waals surface area contributed by atoms with Gasteiger partial charge in [0.15, 0.2) is 0 Å². The Labute approximate surface area is 74.6 Å². The summed E-state index contributed by atoms with van der Waals surface area (Å²) in [5.41, 5.74) is 0. The van der Waals surface area contributed by atoms with E-state index in [9.17, 15) is 5.11 Å². The van der Waals surface area contributed by atoms with Gasteiger partial charge in [-0.2, -0.15) is 0 Å². The molecule has 1 saturated carbocycles. The molecule has 0 aromatic heterocycles. The van der Waals surface area contributed by atoms with Crippen molar-refractivity contribution in [2.45, 2.75) is 44.8 Å². The quantitative estimate of drug-likeness (QED) is 0.672. The molecule has 0 amide bonds. The van der Waals surface area contributed by atoms with E-state index in [1.54, 1.807) is 0 Å². The van der Waals surface area contributed by atoms with Crippen molar-refractivity contribution in [3.63, 3.8) is 0 Å². The lowest BCUT2D eigenvalue weighted by atomic mass is 9.99. The lowest BCUT2D eigenvalue weighted by Gasteiger charge is -2.40. The monoisotopic (exact) mass is 169 g/mol. The highest BCUT2D eigenvalue weighted by Crippen LogP contribution is 2.29. The van der Waals surface area contributed by atoms with E-state index in [0.717, 1.165) is 19.0 Å². The van der Waals surface area contributed by atoms with Gasteiger partial charge in [0.1, 0.15) is 0 Å². The van der Waals surface area contributed by atoms with E-state index in [1.807, 2.05) is 0 Å². The summed E-state index contributed by atoms with van der Waals surface area (Å²) >= 11 is 0. The molecule has 0 radical (unpaired) electrons. The zero-order chi connectivity index (χ0) is 8.55. The SMILES string of the molecule is CC1CCN1CC1CCCC1O. The van der Waals surface area contributed by atoms with E-state index in [1.165, 1.54) is 25.8 Å². The first kappa shape index (κ1) is 8.52. The van der Waals surface area contributed by atoms with Crippen molar-refractivity contribution in [2.75, 3.05) is 13.1 Å². The summed E-state index contributed by atoms with van der Waals surface area (Å²) in [6.07, 6.45) is 4.85. The Bertz CT molecular complexity index is 160. The zero-order valence-corrected chi connectivity index (χ0v) is 7.87. The largest absolute Gasteiger partial charge is 0.393 e. The predicted molar refractivity (Wildman–Crippen MR) is 49.0 cm³/mol. The first-order chi connectivity index (χ1) is 5.77. The highest BCUT2D eigenvalue weighted by molar-refractivity contribution is 4.85. The van der Waals surface area contributed by atoms with Crippen LogP contribution in [0.15, 0.2) is 0 Å². The molecule has 12 heavy (non-hydrogen) atoms. The van der Waals surface area contributed by atoms with E-state index < -0.39 is 0 Å². The Kier molecular flexibility index (Phi) is 2.37. The van der Waals surface area contributed by atoms with Crippen LogP contribution in [0.4, 0.5) is 0 Å². The number of nitrogens with zero attached hydrogens (tertiary/aromatic N) is 1. The molecule has 2 rings (SSSR count). The van der Waals surface area contributed by atoms with Crippen molar-refractivity contribution in [1.82, 2.24) is 4.90 Å². The van der Waals surface area contributed by atoms with Crippen molar-refractivity contribution in [3.05, 3.63) is 0 Å². The number of hydrogen-bond donors (Lipinski definition) is 1. The van der Waals surface area contributed by atoms with Gasteiger partial charge in [-0.15, -0.1) is 0 Å². The third-order valence-electron chi connectivity index (χ3n) is 3.55. The fraction of sp³-hybridized carbons (Fsp3) is 1.00. The Morgan fingerprint density at radius 1 is 1.33 bits per heavy atom. The summed E-state index contributed by atoms with van der Waals surface area (Å²) in [7, 11) is 0. The van der Waals surface area contributed by atoms with Crippen molar-refractivity contribution in [2.24, 2.45) is 5.92 Å². The Balaban J connectivity index is 1.78. The van der Waals surface area contributed by atoms with Gasteiger partial charge < -0.3 is 10.0 Å². The Hall–Kier alpha value is -0.0800. The lowest BCUT2D eigenvalue weighted by Crippen LogP contribution is -2.48. The fourth-order valence-electron chi connectivity index (χ4n) is 2.37. The average Bonchev–Trinajstić information content (AvgIpc) is 2.44. The van der Waals surface area contributed by atoms with Gasteiger partial charge in [-0.1, -0.05) is 6.42 Å². The maximum absolute atomic E-state index is 9.62. The predicted octanol–water partition coefficient (Wildman–Crippen LogP) is 1.24. The number of aliphatic hydroxyl groups excluding tert-OH is 1. The first-order valence-corrected chi connectivity index (χ1v) is 5.19. The normalized spacial score (nSPS) is 43.0. The molecule has 0 aromatic carbocycles. The van der Waals surface area contributed by atoms with E-state index >= 15 is 0 Å². The number of rotatable bonds is 2. The minimum atomic E-state index is -0.00204. The Morgan fingerprint density at radius 2 is 2.17 bits per heavy atom. The summed E-state index contributed by atoms with van der Waals surface area (Å²) in [6.45, 7) is 4.68. The van der Waals surface area contributed by atoms with E-state index in [-0.39, 0.29) is 6.10 Å². The standard InChI is InChI=1S/C10H19NO/c1-8-5-6-11(8)7-9-3-2-4-10(9)12/h8-10,12H,2-7H2,1H3. The van der Waals surface area contributed by atoms with Crippen LogP contribution in [0.25, 0.3) is 0 Å². The summed E-state index contributed by atoms with van der Waals surface area (Å²) in [6, 6.07) is 0.776. The van der Waals surface area contributed by atoms with E-state index in [4.69, 9.17) is 0 Å². The summed E-state index contributed by atoms with van der Waals surface area (Å²) in [5.74, 6) is 0.577. The van der Waals surface area contributed by atoms with Crippen LogP contribution in [-0.4, -0.2) is 35.2 Å². The van der Waals surface area contributed by atoms with Crippen LogP contribution in [0.2, 0.25) is 0 Å². The second-order valence-electron chi connectivity index (χ2n) is 4.39. The van der Waals surface area contributed by atoms with Gasteiger partial charge in [-0.05, 0) is 38.6 Å². The molecular weight excluding hydrogens is 150 g/mol. The molecule has 2 fully saturated rings. The zero-order valence-electron chi connectivity index (χ0n) is 7.87. The molecular formula is C10H19NO.